The van der Waals surface area contributed by atoms with E-state index in [0.717, 1.165) is 16.3 Å². The molecule has 0 saturated heterocycles. The summed E-state index contributed by atoms with van der Waals surface area (Å²) in [5.74, 6) is 0.508. The topological polar surface area (TPSA) is 75.7 Å². The van der Waals surface area contributed by atoms with E-state index in [0.29, 0.717) is 22.8 Å². The number of nitrogens with zero attached hydrogens (tertiary/aromatic N) is 1. The van der Waals surface area contributed by atoms with Gasteiger partial charge in [-0.3, -0.25) is 9.10 Å². The highest BCUT2D eigenvalue weighted by atomic mass is 35.5. The average molecular weight is 459 g/mol. The first-order valence-corrected chi connectivity index (χ1v) is 11.7. The summed E-state index contributed by atoms with van der Waals surface area (Å²) < 4.78 is 31.1. The normalized spacial score (nSPS) is 11.4. The summed E-state index contributed by atoms with van der Waals surface area (Å²) in [7, 11) is -3.58. The fraction of sp³-hybridized carbons (Fsp3) is 0.350. The van der Waals surface area contributed by atoms with Crippen molar-refractivity contribution in [3.05, 3.63) is 52.5 Å². The first-order chi connectivity index (χ1) is 13.6. The van der Waals surface area contributed by atoms with E-state index in [2.05, 4.69) is 5.32 Å². The molecule has 2 aromatic carbocycles. The smallest absolute Gasteiger partial charge is 0.232 e. The second-order valence-electron chi connectivity index (χ2n) is 6.77. The zero-order valence-corrected chi connectivity index (χ0v) is 18.8. The van der Waals surface area contributed by atoms with E-state index < -0.39 is 10.0 Å². The van der Waals surface area contributed by atoms with Crippen molar-refractivity contribution in [3.8, 4) is 5.75 Å². The van der Waals surface area contributed by atoms with Crippen LogP contribution in [0.1, 0.15) is 26.7 Å². The SMILES string of the molecule is CC(C)Oc1ccc(NC(=O)CCCN(c2cc(Cl)ccc2Cl)S(C)(=O)=O)cc1. The molecule has 0 aliphatic rings. The van der Waals surface area contributed by atoms with Gasteiger partial charge in [0.2, 0.25) is 15.9 Å². The number of hydrogen-bond donors (Lipinski definition) is 1. The van der Waals surface area contributed by atoms with E-state index in [-0.39, 0.29) is 30.0 Å². The van der Waals surface area contributed by atoms with Crippen LogP contribution in [-0.4, -0.2) is 33.2 Å². The molecule has 0 aliphatic heterocycles. The number of benzene rings is 2. The summed E-state index contributed by atoms with van der Waals surface area (Å²) in [4.78, 5) is 12.2. The minimum Gasteiger partial charge on any atom is -0.491 e. The molecule has 0 unspecified atom stereocenters. The highest BCUT2D eigenvalue weighted by Crippen LogP contribution is 2.31. The maximum absolute atomic E-state index is 12.2. The summed E-state index contributed by atoms with van der Waals surface area (Å²) in [5.41, 5.74) is 0.937. The predicted molar refractivity (Wildman–Crippen MR) is 119 cm³/mol. The molecule has 2 rings (SSSR count). The lowest BCUT2D eigenvalue weighted by Gasteiger charge is -2.23. The van der Waals surface area contributed by atoms with Crippen molar-refractivity contribution in [2.24, 2.45) is 0 Å². The molecular weight excluding hydrogens is 435 g/mol. The van der Waals surface area contributed by atoms with Gasteiger partial charge in [0.1, 0.15) is 5.75 Å². The van der Waals surface area contributed by atoms with Gasteiger partial charge < -0.3 is 10.1 Å². The van der Waals surface area contributed by atoms with Crippen molar-refractivity contribution in [1.82, 2.24) is 0 Å². The van der Waals surface area contributed by atoms with Gasteiger partial charge in [0.25, 0.3) is 0 Å². The molecule has 2 aromatic rings. The number of rotatable bonds is 9. The monoisotopic (exact) mass is 458 g/mol. The predicted octanol–water partition coefficient (Wildman–Crippen LogP) is 4.97. The summed E-state index contributed by atoms with van der Waals surface area (Å²) in [6.07, 6.45) is 1.62. The molecule has 1 amide bonds. The number of carbonyl (C=O) groups is 1. The zero-order chi connectivity index (χ0) is 21.6. The molecule has 29 heavy (non-hydrogen) atoms. The summed E-state index contributed by atoms with van der Waals surface area (Å²) in [6.45, 7) is 3.98. The molecule has 0 atom stereocenters. The number of anilines is 2. The molecule has 158 valence electrons. The van der Waals surface area contributed by atoms with Crippen LogP contribution < -0.4 is 14.4 Å². The van der Waals surface area contributed by atoms with Gasteiger partial charge in [0, 0.05) is 23.7 Å². The van der Waals surface area contributed by atoms with Crippen LogP contribution in [0.3, 0.4) is 0 Å². The molecular formula is C20H24Cl2N2O4S. The van der Waals surface area contributed by atoms with Gasteiger partial charge in [-0.1, -0.05) is 23.2 Å². The lowest BCUT2D eigenvalue weighted by molar-refractivity contribution is -0.116. The lowest BCUT2D eigenvalue weighted by atomic mass is 10.2. The Hall–Kier alpha value is -1.96. The third-order valence-electron chi connectivity index (χ3n) is 3.85. The molecule has 6 nitrogen and oxygen atoms in total. The molecule has 1 N–H and O–H groups in total. The van der Waals surface area contributed by atoms with Gasteiger partial charge in [-0.05, 0) is 62.7 Å². The van der Waals surface area contributed by atoms with Crippen LogP contribution in [-0.2, 0) is 14.8 Å². The Kier molecular flexibility index (Phi) is 8.19. The largest absolute Gasteiger partial charge is 0.491 e. The Morgan fingerprint density at radius 3 is 2.38 bits per heavy atom. The van der Waals surface area contributed by atoms with Crippen LogP contribution in [0.15, 0.2) is 42.5 Å². The third kappa shape index (κ3) is 7.42. The molecule has 0 aromatic heterocycles. The van der Waals surface area contributed by atoms with E-state index >= 15 is 0 Å². The number of ether oxygens (including phenoxy) is 1. The first-order valence-electron chi connectivity index (χ1n) is 9.05. The number of amides is 1. The van der Waals surface area contributed by atoms with E-state index in [1.807, 2.05) is 13.8 Å². The highest BCUT2D eigenvalue weighted by molar-refractivity contribution is 7.92. The Labute approximate surface area is 181 Å². The van der Waals surface area contributed by atoms with Gasteiger partial charge >= 0.3 is 0 Å². The molecule has 0 spiro atoms. The maximum Gasteiger partial charge on any atom is 0.232 e. The van der Waals surface area contributed by atoms with E-state index in [4.69, 9.17) is 27.9 Å². The van der Waals surface area contributed by atoms with Gasteiger partial charge in [-0.25, -0.2) is 8.42 Å². The van der Waals surface area contributed by atoms with E-state index in [1.165, 1.54) is 12.1 Å². The second-order valence-corrected chi connectivity index (χ2v) is 9.52. The van der Waals surface area contributed by atoms with Crippen molar-refractivity contribution < 1.29 is 17.9 Å². The zero-order valence-electron chi connectivity index (χ0n) is 16.5. The lowest BCUT2D eigenvalue weighted by Crippen LogP contribution is -2.31. The second kappa shape index (κ2) is 10.2. The number of halogens is 2. The van der Waals surface area contributed by atoms with E-state index in [1.54, 1.807) is 30.3 Å². The fourth-order valence-electron chi connectivity index (χ4n) is 2.64. The third-order valence-corrected chi connectivity index (χ3v) is 5.59. The summed E-state index contributed by atoms with van der Waals surface area (Å²) >= 11 is 12.1. The number of nitrogens with one attached hydrogen (secondary N) is 1. The Morgan fingerprint density at radius 2 is 1.79 bits per heavy atom. The molecule has 9 heteroatoms. The first kappa shape index (κ1) is 23.3. The number of sulfonamides is 1. The average Bonchev–Trinajstić information content (AvgIpc) is 2.61. The molecule has 0 fully saturated rings. The van der Waals surface area contributed by atoms with Gasteiger partial charge in [0.05, 0.1) is 23.1 Å². The Morgan fingerprint density at radius 1 is 1.14 bits per heavy atom. The molecule has 0 saturated carbocycles. The van der Waals surface area contributed by atoms with Crippen LogP contribution in [0, 0.1) is 0 Å². The van der Waals surface area contributed by atoms with Crippen LogP contribution in [0.4, 0.5) is 11.4 Å². The van der Waals surface area contributed by atoms with Crippen LogP contribution in [0.2, 0.25) is 10.0 Å². The minimum absolute atomic E-state index is 0.0706. The Bertz CT molecular complexity index is 947. The van der Waals surface area contributed by atoms with Crippen molar-refractivity contribution in [3.63, 3.8) is 0 Å². The highest BCUT2D eigenvalue weighted by Gasteiger charge is 2.20. The summed E-state index contributed by atoms with van der Waals surface area (Å²) in [5, 5.41) is 3.43. The van der Waals surface area contributed by atoms with Crippen LogP contribution >= 0.6 is 23.2 Å². The Balaban J connectivity index is 1.95. The van der Waals surface area contributed by atoms with Gasteiger partial charge in [-0.2, -0.15) is 0 Å². The van der Waals surface area contributed by atoms with Crippen molar-refractivity contribution in [2.75, 3.05) is 22.4 Å². The van der Waals surface area contributed by atoms with Crippen molar-refractivity contribution >= 4 is 50.5 Å². The number of hydrogen-bond acceptors (Lipinski definition) is 4. The maximum atomic E-state index is 12.2. The van der Waals surface area contributed by atoms with Gasteiger partial charge in [0.15, 0.2) is 0 Å². The van der Waals surface area contributed by atoms with Gasteiger partial charge in [-0.15, -0.1) is 0 Å². The van der Waals surface area contributed by atoms with Crippen LogP contribution in [0.25, 0.3) is 0 Å². The molecule has 0 bridgehead atoms. The molecule has 0 radical (unpaired) electrons. The fourth-order valence-corrected chi connectivity index (χ4v) is 4.04. The molecule has 0 heterocycles. The standard InChI is InChI=1S/C20H24Cl2N2O4S/c1-14(2)28-17-9-7-16(8-10-17)23-20(25)5-4-12-24(29(3,26)27)19-13-15(21)6-11-18(19)22/h6-11,13-14H,4-5,12H2,1-3H3,(H,23,25). The molecule has 0 aliphatic carbocycles. The summed E-state index contributed by atoms with van der Waals surface area (Å²) in [6, 6.07) is 11.7. The van der Waals surface area contributed by atoms with Crippen molar-refractivity contribution in [1.29, 1.82) is 0 Å². The number of carbonyl (C=O) groups excluding carboxylic acids is 1. The quantitative estimate of drug-likeness (QED) is 0.575. The minimum atomic E-state index is -3.58. The van der Waals surface area contributed by atoms with E-state index in [9.17, 15) is 13.2 Å². The van der Waals surface area contributed by atoms with Crippen LogP contribution in [0.5, 0.6) is 5.75 Å². The van der Waals surface area contributed by atoms with Crippen molar-refractivity contribution in [2.45, 2.75) is 32.8 Å².